The van der Waals surface area contributed by atoms with Gasteiger partial charge in [0.05, 0.1) is 6.10 Å². The van der Waals surface area contributed by atoms with Crippen LogP contribution in [0.15, 0.2) is 71.1 Å². The lowest BCUT2D eigenvalue weighted by atomic mass is 9.98. The summed E-state index contributed by atoms with van der Waals surface area (Å²) in [6.45, 7) is 8.33. The van der Waals surface area contributed by atoms with Gasteiger partial charge in [-0.25, -0.2) is 4.98 Å². The first kappa shape index (κ1) is 21.6. The van der Waals surface area contributed by atoms with Crippen molar-refractivity contribution in [3.8, 4) is 17.2 Å². The van der Waals surface area contributed by atoms with Gasteiger partial charge in [-0.2, -0.15) is 0 Å². The molecule has 0 radical (unpaired) electrons. The maximum atomic E-state index is 12.5. The molecule has 0 aliphatic rings. The van der Waals surface area contributed by atoms with Crippen LogP contribution in [0.2, 0.25) is 0 Å². The predicted molar refractivity (Wildman–Crippen MR) is 128 cm³/mol. The number of carbonyl (C=O) groups excluding carboxylic acids is 1. The Morgan fingerprint density at radius 3 is 2.38 bits per heavy atom. The fourth-order valence-electron chi connectivity index (χ4n) is 3.47. The minimum absolute atomic E-state index is 0.0939. The zero-order valence-electron chi connectivity index (χ0n) is 18.9. The Kier molecular flexibility index (Phi) is 6.26. The highest BCUT2D eigenvalue weighted by Gasteiger charge is 2.12. The SMILES string of the molecule is CC[C@H](C)c1ccc2oc(-c3ccc(NC(=O)c4ccc(OC(C)C)cc4)cc3)nc2c1. The fraction of sp³-hybridized carbons (Fsp3) is 0.259. The molecule has 0 bridgehead atoms. The molecular formula is C27H28N2O3. The first-order chi connectivity index (χ1) is 15.4. The molecule has 0 fully saturated rings. The van der Waals surface area contributed by atoms with Crippen molar-refractivity contribution in [1.29, 1.82) is 0 Å². The van der Waals surface area contributed by atoms with Gasteiger partial charge in [-0.15, -0.1) is 0 Å². The summed E-state index contributed by atoms with van der Waals surface area (Å²) in [5.41, 5.74) is 5.04. The molecule has 1 atom stereocenters. The number of benzene rings is 3. The molecule has 0 unspecified atom stereocenters. The summed E-state index contributed by atoms with van der Waals surface area (Å²) in [5.74, 6) is 1.63. The number of fused-ring (bicyclic) bond motifs is 1. The van der Waals surface area contributed by atoms with E-state index in [4.69, 9.17) is 9.15 Å². The van der Waals surface area contributed by atoms with Crippen molar-refractivity contribution in [2.24, 2.45) is 0 Å². The van der Waals surface area contributed by atoms with Crippen LogP contribution in [-0.4, -0.2) is 17.0 Å². The molecule has 32 heavy (non-hydrogen) atoms. The largest absolute Gasteiger partial charge is 0.491 e. The Morgan fingerprint density at radius 2 is 1.72 bits per heavy atom. The van der Waals surface area contributed by atoms with E-state index in [1.165, 1.54) is 5.56 Å². The van der Waals surface area contributed by atoms with Gasteiger partial charge in [0, 0.05) is 16.8 Å². The van der Waals surface area contributed by atoms with E-state index in [1.54, 1.807) is 24.3 Å². The first-order valence-corrected chi connectivity index (χ1v) is 11.0. The number of amides is 1. The number of carbonyl (C=O) groups is 1. The van der Waals surface area contributed by atoms with Gasteiger partial charge in [0.1, 0.15) is 11.3 Å². The topological polar surface area (TPSA) is 64.4 Å². The molecule has 3 aromatic carbocycles. The van der Waals surface area contributed by atoms with Crippen molar-refractivity contribution < 1.29 is 13.9 Å². The van der Waals surface area contributed by atoms with Crippen LogP contribution in [0.3, 0.4) is 0 Å². The number of oxazole rings is 1. The Morgan fingerprint density at radius 1 is 1.00 bits per heavy atom. The van der Waals surface area contributed by atoms with Gasteiger partial charge in [-0.05, 0) is 92.4 Å². The van der Waals surface area contributed by atoms with E-state index in [1.807, 2.05) is 44.2 Å². The molecule has 4 aromatic rings. The summed E-state index contributed by atoms with van der Waals surface area (Å²) in [6, 6.07) is 20.8. The summed E-state index contributed by atoms with van der Waals surface area (Å²) in [5, 5.41) is 2.92. The molecule has 1 heterocycles. The van der Waals surface area contributed by atoms with E-state index in [2.05, 4.69) is 36.3 Å². The van der Waals surface area contributed by atoms with E-state index >= 15 is 0 Å². The van der Waals surface area contributed by atoms with E-state index < -0.39 is 0 Å². The van der Waals surface area contributed by atoms with Gasteiger partial charge in [0.15, 0.2) is 5.58 Å². The molecule has 1 amide bonds. The van der Waals surface area contributed by atoms with Crippen molar-refractivity contribution in [1.82, 2.24) is 4.98 Å². The predicted octanol–water partition coefficient (Wildman–Crippen LogP) is 7.05. The maximum Gasteiger partial charge on any atom is 0.255 e. The van der Waals surface area contributed by atoms with Crippen molar-refractivity contribution in [2.45, 2.75) is 46.1 Å². The van der Waals surface area contributed by atoms with Crippen LogP contribution in [-0.2, 0) is 0 Å². The van der Waals surface area contributed by atoms with Crippen LogP contribution >= 0.6 is 0 Å². The van der Waals surface area contributed by atoms with Crippen LogP contribution in [0.1, 0.15) is 56.0 Å². The lowest BCUT2D eigenvalue weighted by Gasteiger charge is -2.10. The van der Waals surface area contributed by atoms with Crippen LogP contribution in [0.25, 0.3) is 22.6 Å². The van der Waals surface area contributed by atoms with E-state index in [0.29, 0.717) is 23.1 Å². The molecule has 0 saturated heterocycles. The highest BCUT2D eigenvalue weighted by molar-refractivity contribution is 6.04. The second-order valence-corrected chi connectivity index (χ2v) is 8.28. The Balaban J connectivity index is 1.46. The minimum Gasteiger partial charge on any atom is -0.491 e. The molecule has 1 aromatic heterocycles. The summed E-state index contributed by atoms with van der Waals surface area (Å²) < 4.78 is 11.6. The highest BCUT2D eigenvalue weighted by Crippen LogP contribution is 2.28. The molecule has 0 aliphatic heterocycles. The molecule has 5 heteroatoms. The number of anilines is 1. The van der Waals surface area contributed by atoms with Crippen molar-refractivity contribution in [3.05, 3.63) is 77.9 Å². The number of hydrogen-bond acceptors (Lipinski definition) is 4. The molecule has 164 valence electrons. The maximum absolute atomic E-state index is 12.5. The number of hydrogen-bond donors (Lipinski definition) is 1. The second kappa shape index (κ2) is 9.27. The lowest BCUT2D eigenvalue weighted by Crippen LogP contribution is -2.12. The smallest absolute Gasteiger partial charge is 0.255 e. The number of aromatic nitrogens is 1. The van der Waals surface area contributed by atoms with E-state index in [9.17, 15) is 4.79 Å². The lowest BCUT2D eigenvalue weighted by molar-refractivity contribution is 0.102. The highest BCUT2D eigenvalue weighted by atomic mass is 16.5. The van der Waals surface area contributed by atoms with Crippen LogP contribution in [0.5, 0.6) is 5.75 Å². The average Bonchev–Trinajstić information content (AvgIpc) is 3.22. The third-order valence-electron chi connectivity index (χ3n) is 5.47. The second-order valence-electron chi connectivity index (χ2n) is 8.28. The Labute approximate surface area is 188 Å². The van der Waals surface area contributed by atoms with Crippen molar-refractivity contribution >= 4 is 22.7 Å². The zero-order chi connectivity index (χ0) is 22.7. The minimum atomic E-state index is -0.173. The summed E-state index contributed by atoms with van der Waals surface area (Å²) in [7, 11) is 0. The molecular weight excluding hydrogens is 400 g/mol. The summed E-state index contributed by atoms with van der Waals surface area (Å²) in [4.78, 5) is 17.2. The van der Waals surface area contributed by atoms with Crippen LogP contribution in [0.4, 0.5) is 5.69 Å². The van der Waals surface area contributed by atoms with E-state index in [0.717, 1.165) is 28.8 Å². The van der Waals surface area contributed by atoms with Gasteiger partial charge >= 0.3 is 0 Å². The molecule has 4 rings (SSSR count). The molecule has 1 N–H and O–H groups in total. The monoisotopic (exact) mass is 428 g/mol. The van der Waals surface area contributed by atoms with E-state index in [-0.39, 0.29) is 12.0 Å². The standard InChI is InChI=1S/C27H28N2O3/c1-5-18(4)21-10-15-25-24(16-21)29-27(32-25)20-6-11-22(12-7-20)28-26(30)19-8-13-23(14-9-19)31-17(2)3/h6-18H,5H2,1-4H3,(H,28,30)/t18-/m0/s1. The van der Waals surface area contributed by atoms with Gasteiger partial charge in [0.2, 0.25) is 5.89 Å². The molecule has 0 aliphatic carbocycles. The molecule has 0 spiro atoms. The van der Waals surface area contributed by atoms with Gasteiger partial charge < -0.3 is 14.5 Å². The van der Waals surface area contributed by atoms with Gasteiger partial charge in [0.25, 0.3) is 5.91 Å². The van der Waals surface area contributed by atoms with Crippen LogP contribution < -0.4 is 10.1 Å². The fourth-order valence-corrected chi connectivity index (χ4v) is 3.47. The molecule has 0 saturated carbocycles. The van der Waals surface area contributed by atoms with Crippen LogP contribution in [0, 0.1) is 0 Å². The first-order valence-electron chi connectivity index (χ1n) is 11.0. The number of nitrogens with zero attached hydrogens (tertiary/aromatic N) is 1. The Bertz CT molecular complexity index is 1210. The quantitative estimate of drug-likeness (QED) is 0.343. The number of ether oxygens (including phenoxy) is 1. The third kappa shape index (κ3) is 4.83. The zero-order valence-corrected chi connectivity index (χ0v) is 18.9. The normalized spacial score (nSPS) is 12.2. The average molecular weight is 429 g/mol. The summed E-state index contributed by atoms with van der Waals surface area (Å²) >= 11 is 0. The van der Waals surface area contributed by atoms with Crippen molar-refractivity contribution in [3.63, 3.8) is 0 Å². The number of nitrogens with one attached hydrogen (secondary N) is 1. The Hall–Kier alpha value is -3.60. The van der Waals surface area contributed by atoms with Gasteiger partial charge in [-0.1, -0.05) is 19.9 Å². The summed E-state index contributed by atoms with van der Waals surface area (Å²) in [6.07, 6.45) is 1.18. The van der Waals surface area contributed by atoms with Gasteiger partial charge in [-0.3, -0.25) is 4.79 Å². The van der Waals surface area contributed by atoms with Crippen molar-refractivity contribution in [2.75, 3.05) is 5.32 Å². The molecule has 5 nitrogen and oxygen atoms in total. The third-order valence-corrected chi connectivity index (χ3v) is 5.47. The number of rotatable bonds is 7.